The largest absolute Gasteiger partial charge is 0.126 e. The van der Waals surface area contributed by atoms with Gasteiger partial charge in [0.2, 0.25) is 0 Å². The second-order valence-corrected chi connectivity index (χ2v) is 4.61. The third kappa shape index (κ3) is 4.63. The minimum absolute atomic E-state index is 0.657. The van der Waals surface area contributed by atoms with Crippen LogP contribution in [0.5, 0.6) is 0 Å². The summed E-state index contributed by atoms with van der Waals surface area (Å²) < 4.78 is 0. The second-order valence-electron chi connectivity index (χ2n) is 3.47. The van der Waals surface area contributed by atoms with E-state index in [0.717, 1.165) is 19.3 Å². The van der Waals surface area contributed by atoms with Gasteiger partial charge in [0.1, 0.15) is 0 Å². The van der Waals surface area contributed by atoms with Crippen LogP contribution in [0.25, 0.3) is 0 Å². The van der Waals surface area contributed by atoms with Crippen molar-refractivity contribution >= 4 is 34.8 Å². The maximum Gasteiger partial charge on any atom is 0.0263 e. The zero-order valence-electron chi connectivity index (χ0n) is 8.61. The summed E-state index contributed by atoms with van der Waals surface area (Å²) in [4.78, 5) is 0. The molecule has 0 atom stereocenters. The predicted octanol–water partition coefficient (Wildman–Crippen LogP) is 4.03. The van der Waals surface area contributed by atoms with E-state index in [9.17, 15) is 0 Å². The van der Waals surface area contributed by atoms with Gasteiger partial charge in [-0.3, -0.25) is 0 Å². The summed E-state index contributed by atoms with van der Waals surface area (Å²) in [7, 11) is 0. The fourth-order valence-electron chi connectivity index (χ4n) is 1.60. The predicted molar refractivity (Wildman–Crippen MR) is 69.7 cm³/mol. The maximum absolute atomic E-state index is 5.74. The Morgan fingerprint density at radius 1 is 0.600 bits per heavy atom. The zero-order valence-corrected chi connectivity index (χ0v) is 10.9. The molecule has 15 heavy (non-hydrogen) atoms. The van der Waals surface area contributed by atoms with Crippen molar-refractivity contribution in [1.82, 2.24) is 0 Å². The van der Waals surface area contributed by atoms with Gasteiger partial charge in [-0.15, -0.1) is 34.8 Å². The number of hydrogen-bond acceptors (Lipinski definition) is 0. The van der Waals surface area contributed by atoms with Crippen LogP contribution in [-0.2, 0) is 19.3 Å². The zero-order chi connectivity index (χ0) is 11.1. The molecule has 0 nitrogen and oxygen atoms in total. The molecule has 0 fully saturated rings. The highest BCUT2D eigenvalue weighted by Gasteiger charge is 2.01. The van der Waals surface area contributed by atoms with Crippen LogP contribution in [0.1, 0.15) is 16.7 Å². The molecule has 0 saturated heterocycles. The molecule has 0 aliphatic heterocycles. The molecule has 3 heteroatoms. The second kappa shape index (κ2) is 7.38. The van der Waals surface area contributed by atoms with Crippen molar-refractivity contribution < 1.29 is 0 Å². The van der Waals surface area contributed by atoms with Gasteiger partial charge < -0.3 is 0 Å². The molecule has 84 valence electrons. The topological polar surface area (TPSA) is 0 Å². The van der Waals surface area contributed by atoms with Gasteiger partial charge in [-0.25, -0.2) is 0 Å². The number of halogens is 3. The maximum atomic E-state index is 5.74. The number of aryl methyl sites for hydroxylation is 3. The van der Waals surface area contributed by atoms with E-state index in [1.807, 2.05) is 0 Å². The molecule has 0 aliphatic carbocycles. The average molecular weight is 266 g/mol. The highest BCUT2D eigenvalue weighted by Crippen LogP contribution is 2.14. The molecule has 0 bridgehead atoms. The van der Waals surface area contributed by atoms with Crippen LogP contribution >= 0.6 is 34.8 Å². The van der Waals surface area contributed by atoms with Gasteiger partial charge in [0.15, 0.2) is 0 Å². The van der Waals surface area contributed by atoms with E-state index in [0.29, 0.717) is 17.6 Å². The van der Waals surface area contributed by atoms with E-state index in [4.69, 9.17) is 34.8 Å². The van der Waals surface area contributed by atoms with Crippen LogP contribution in [0.3, 0.4) is 0 Å². The highest BCUT2D eigenvalue weighted by atomic mass is 35.5. The Hall–Kier alpha value is 0.0900. The summed E-state index contributed by atoms with van der Waals surface area (Å²) >= 11 is 17.2. The summed E-state index contributed by atoms with van der Waals surface area (Å²) in [6.45, 7) is 0. The van der Waals surface area contributed by atoms with E-state index >= 15 is 0 Å². The van der Waals surface area contributed by atoms with E-state index < -0.39 is 0 Å². The van der Waals surface area contributed by atoms with Crippen molar-refractivity contribution in [2.75, 3.05) is 17.6 Å². The van der Waals surface area contributed by atoms with Crippen molar-refractivity contribution in [2.24, 2.45) is 0 Å². The lowest BCUT2D eigenvalue weighted by Crippen LogP contribution is -1.96. The molecule has 1 rings (SSSR count). The average Bonchev–Trinajstić information content (AvgIpc) is 2.19. The Balaban J connectivity index is 2.86. The van der Waals surface area contributed by atoms with Crippen LogP contribution < -0.4 is 0 Å². The van der Waals surface area contributed by atoms with Crippen molar-refractivity contribution in [2.45, 2.75) is 19.3 Å². The van der Waals surface area contributed by atoms with E-state index in [-0.39, 0.29) is 0 Å². The molecule has 0 aliphatic rings. The normalized spacial score (nSPS) is 10.6. The molecule has 1 aromatic rings. The molecular formula is C12H15Cl3. The molecule has 0 N–H and O–H groups in total. The highest BCUT2D eigenvalue weighted by molar-refractivity contribution is 6.18. The molecule has 0 aromatic heterocycles. The lowest BCUT2D eigenvalue weighted by Gasteiger charge is -2.07. The Labute approximate surface area is 107 Å². The smallest absolute Gasteiger partial charge is 0.0263 e. The first-order valence-corrected chi connectivity index (χ1v) is 6.70. The summed E-state index contributed by atoms with van der Waals surface area (Å²) in [5.41, 5.74) is 3.85. The van der Waals surface area contributed by atoms with Crippen molar-refractivity contribution in [3.63, 3.8) is 0 Å². The summed E-state index contributed by atoms with van der Waals surface area (Å²) in [5, 5.41) is 0. The van der Waals surface area contributed by atoms with Crippen LogP contribution in [0.4, 0.5) is 0 Å². The van der Waals surface area contributed by atoms with Gasteiger partial charge in [0.05, 0.1) is 0 Å². The van der Waals surface area contributed by atoms with Crippen LogP contribution in [-0.4, -0.2) is 17.6 Å². The number of alkyl halides is 3. The van der Waals surface area contributed by atoms with Gasteiger partial charge in [-0.05, 0) is 36.0 Å². The SMILES string of the molecule is ClCCc1cc(CCCl)cc(CCCl)c1. The third-order valence-corrected chi connectivity index (χ3v) is 2.83. The van der Waals surface area contributed by atoms with Gasteiger partial charge in [-0.2, -0.15) is 0 Å². The van der Waals surface area contributed by atoms with Gasteiger partial charge in [0, 0.05) is 17.6 Å². The molecule has 0 amide bonds. The molecular weight excluding hydrogens is 250 g/mol. The monoisotopic (exact) mass is 264 g/mol. The van der Waals surface area contributed by atoms with Crippen LogP contribution in [0, 0.1) is 0 Å². The fourth-order valence-corrected chi connectivity index (χ4v) is 2.25. The lowest BCUT2D eigenvalue weighted by molar-refractivity contribution is 1.05. The van der Waals surface area contributed by atoms with E-state index in [1.165, 1.54) is 16.7 Å². The molecule has 1 aromatic carbocycles. The van der Waals surface area contributed by atoms with E-state index in [1.54, 1.807) is 0 Å². The molecule has 0 spiro atoms. The Morgan fingerprint density at radius 3 is 1.07 bits per heavy atom. The Morgan fingerprint density at radius 2 is 0.867 bits per heavy atom. The summed E-state index contributed by atoms with van der Waals surface area (Å²) in [6.07, 6.45) is 2.73. The molecule has 0 radical (unpaired) electrons. The Bertz CT molecular complexity index is 237. The van der Waals surface area contributed by atoms with Gasteiger partial charge in [-0.1, -0.05) is 18.2 Å². The molecule has 0 unspecified atom stereocenters. The minimum Gasteiger partial charge on any atom is -0.126 e. The summed E-state index contributed by atoms with van der Waals surface area (Å²) in [6, 6.07) is 6.55. The van der Waals surface area contributed by atoms with Crippen molar-refractivity contribution in [3.8, 4) is 0 Å². The quantitative estimate of drug-likeness (QED) is 0.681. The lowest BCUT2D eigenvalue weighted by atomic mass is 10.0. The fraction of sp³-hybridized carbons (Fsp3) is 0.500. The van der Waals surface area contributed by atoms with Crippen molar-refractivity contribution in [1.29, 1.82) is 0 Å². The number of hydrogen-bond donors (Lipinski definition) is 0. The first-order valence-electron chi connectivity index (χ1n) is 5.09. The van der Waals surface area contributed by atoms with Crippen LogP contribution in [0.15, 0.2) is 18.2 Å². The van der Waals surface area contributed by atoms with Gasteiger partial charge in [0.25, 0.3) is 0 Å². The Kier molecular flexibility index (Phi) is 6.47. The van der Waals surface area contributed by atoms with Crippen LogP contribution in [0.2, 0.25) is 0 Å². The molecule has 0 heterocycles. The molecule has 0 saturated carbocycles. The summed E-state index contributed by atoms with van der Waals surface area (Å²) in [5.74, 6) is 1.97. The standard InChI is InChI=1S/C12H15Cl3/c13-4-1-10-7-11(2-5-14)9-12(8-10)3-6-15/h7-9H,1-6H2. The number of benzene rings is 1. The van der Waals surface area contributed by atoms with E-state index in [2.05, 4.69) is 18.2 Å². The first-order chi connectivity index (χ1) is 7.30. The third-order valence-electron chi connectivity index (χ3n) is 2.26. The first kappa shape index (κ1) is 13.2. The van der Waals surface area contributed by atoms with Gasteiger partial charge >= 0.3 is 0 Å². The van der Waals surface area contributed by atoms with Crippen molar-refractivity contribution in [3.05, 3.63) is 34.9 Å². The number of rotatable bonds is 6. The minimum atomic E-state index is 0.657.